The number of carbonyl (C=O) groups is 3. The maximum atomic E-state index is 13.2. The van der Waals surface area contributed by atoms with Gasteiger partial charge in [-0.1, -0.05) is 37.6 Å². The molecule has 2 unspecified atom stereocenters. The molecule has 0 bridgehead atoms. The lowest BCUT2D eigenvalue weighted by molar-refractivity contribution is -0.123. The summed E-state index contributed by atoms with van der Waals surface area (Å²) in [5.74, 6) is -2.39. The number of hydrogen-bond acceptors (Lipinski definition) is 5. The number of nitrogens with two attached hydrogens (primary N) is 1. The van der Waals surface area contributed by atoms with Gasteiger partial charge in [0.15, 0.2) is 5.54 Å². The fraction of sp³-hybridized carbons (Fsp3) is 0.273. The highest BCUT2D eigenvalue weighted by Crippen LogP contribution is 2.32. The van der Waals surface area contributed by atoms with Crippen LogP contribution in [0, 0.1) is 11.7 Å². The number of rotatable bonds is 6. The van der Waals surface area contributed by atoms with Gasteiger partial charge < -0.3 is 16.4 Å². The summed E-state index contributed by atoms with van der Waals surface area (Å²) in [6, 6.07) is 9.72. The number of amides is 3. The Kier molecular flexibility index (Phi) is 6.61. The van der Waals surface area contributed by atoms with Crippen LogP contribution in [-0.4, -0.2) is 36.6 Å². The van der Waals surface area contributed by atoms with E-state index >= 15 is 0 Å². The van der Waals surface area contributed by atoms with Crippen molar-refractivity contribution in [2.24, 2.45) is 16.6 Å². The van der Waals surface area contributed by atoms with Crippen molar-refractivity contribution < 1.29 is 18.8 Å². The fourth-order valence-electron chi connectivity index (χ4n) is 3.45. The smallest absolute Gasteiger partial charge is 0.267 e. The van der Waals surface area contributed by atoms with Gasteiger partial charge in [0.05, 0.1) is 10.6 Å². The van der Waals surface area contributed by atoms with Gasteiger partial charge in [-0.25, -0.2) is 4.39 Å². The second-order valence-corrected chi connectivity index (χ2v) is 8.07. The summed E-state index contributed by atoms with van der Waals surface area (Å²) in [5, 5.41) is 8.24. The Morgan fingerprint density at radius 2 is 1.81 bits per heavy atom. The molecule has 32 heavy (non-hydrogen) atoms. The van der Waals surface area contributed by atoms with Crippen LogP contribution in [0.3, 0.4) is 0 Å². The number of halogens is 2. The van der Waals surface area contributed by atoms with Crippen molar-refractivity contribution in [3.8, 4) is 0 Å². The molecule has 5 N–H and O–H groups in total. The summed E-state index contributed by atoms with van der Waals surface area (Å²) in [6.45, 7) is 3.80. The van der Waals surface area contributed by atoms with E-state index in [0.717, 1.165) is 12.1 Å². The maximum Gasteiger partial charge on any atom is 0.267 e. The van der Waals surface area contributed by atoms with Crippen molar-refractivity contribution in [2.45, 2.75) is 25.6 Å². The highest BCUT2D eigenvalue weighted by molar-refractivity contribution is 6.47. The van der Waals surface area contributed by atoms with Crippen LogP contribution >= 0.6 is 11.6 Å². The summed E-state index contributed by atoms with van der Waals surface area (Å²) in [7, 11) is 1.44. The van der Waals surface area contributed by atoms with Crippen LogP contribution in [0.1, 0.15) is 29.8 Å². The molecule has 2 aromatic rings. The Morgan fingerprint density at radius 1 is 1.16 bits per heavy atom. The Labute approximate surface area is 189 Å². The summed E-state index contributed by atoms with van der Waals surface area (Å²) in [5.41, 5.74) is 5.01. The molecule has 0 saturated heterocycles. The van der Waals surface area contributed by atoms with Crippen LogP contribution < -0.4 is 21.7 Å². The highest BCUT2D eigenvalue weighted by Gasteiger charge is 2.52. The average molecular weight is 460 g/mol. The number of anilines is 1. The summed E-state index contributed by atoms with van der Waals surface area (Å²) in [6.07, 6.45) is -0.491. The van der Waals surface area contributed by atoms with Gasteiger partial charge in [0.25, 0.3) is 11.8 Å². The summed E-state index contributed by atoms with van der Waals surface area (Å²) >= 11 is 5.94. The number of primary amides is 1. The maximum absolute atomic E-state index is 13.2. The number of hydrogen-bond donors (Lipinski definition) is 4. The van der Waals surface area contributed by atoms with Crippen LogP contribution in [0.2, 0.25) is 5.02 Å². The molecule has 0 aliphatic carbocycles. The first-order chi connectivity index (χ1) is 15.1. The van der Waals surface area contributed by atoms with Crippen molar-refractivity contribution in [1.82, 2.24) is 10.6 Å². The molecule has 3 amide bonds. The van der Waals surface area contributed by atoms with Crippen LogP contribution in [0.15, 0.2) is 47.5 Å². The van der Waals surface area contributed by atoms with E-state index in [0.29, 0.717) is 11.3 Å². The SMILES string of the molecule is CNC(=O)C1=NC(C(C)C)NC1(C(N)=O)c1ccc(NC(=O)c2ccc(F)cc2Cl)cc1. The number of carbonyl (C=O) groups excluding carboxylic acids is 3. The minimum atomic E-state index is -1.63. The van der Waals surface area contributed by atoms with Gasteiger partial charge in [-0.2, -0.15) is 0 Å². The molecule has 8 nitrogen and oxygen atoms in total. The second kappa shape index (κ2) is 9.05. The molecule has 3 rings (SSSR count). The van der Waals surface area contributed by atoms with E-state index in [4.69, 9.17) is 17.3 Å². The van der Waals surface area contributed by atoms with Crippen LogP contribution in [0.4, 0.5) is 10.1 Å². The lowest BCUT2D eigenvalue weighted by atomic mass is 9.84. The molecule has 168 valence electrons. The molecule has 1 heterocycles. The van der Waals surface area contributed by atoms with Gasteiger partial charge in [0.2, 0.25) is 5.91 Å². The highest BCUT2D eigenvalue weighted by atomic mass is 35.5. The molecule has 10 heteroatoms. The Hall–Kier alpha value is -3.30. The van der Waals surface area contributed by atoms with E-state index in [-0.39, 0.29) is 22.2 Å². The minimum absolute atomic E-state index is 0.00472. The molecule has 1 aliphatic rings. The fourth-order valence-corrected chi connectivity index (χ4v) is 3.70. The Balaban J connectivity index is 1.93. The largest absolute Gasteiger partial charge is 0.367 e. The number of aliphatic imine (C=N–C) groups is 1. The van der Waals surface area contributed by atoms with Crippen LogP contribution in [-0.2, 0) is 15.1 Å². The van der Waals surface area contributed by atoms with Gasteiger partial charge in [0, 0.05) is 12.7 Å². The molecule has 1 aliphatic heterocycles. The predicted octanol–water partition coefficient (Wildman–Crippen LogP) is 2.18. The molecule has 2 aromatic carbocycles. The first-order valence-corrected chi connectivity index (χ1v) is 10.2. The van der Waals surface area contributed by atoms with Crippen molar-refractivity contribution in [3.05, 3.63) is 64.4 Å². The van der Waals surface area contributed by atoms with Gasteiger partial charge in [-0.05, 0) is 41.8 Å². The lowest BCUT2D eigenvalue weighted by Gasteiger charge is -2.29. The minimum Gasteiger partial charge on any atom is -0.367 e. The standard InChI is InChI=1S/C22H23ClFN5O3/c1-11(2)18-28-17(20(31)26-3)22(29-18,21(25)32)12-4-7-14(8-5-12)27-19(30)15-9-6-13(24)10-16(15)23/h4-11,18,29H,1-3H3,(H2,25,32)(H,26,31)(H,27,30). The van der Waals surface area contributed by atoms with Gasteiger partial charge in [0.1, 0.15) is 17.7 Å². The zero-order valence-electron chi connectivity index (χ0n) is 17.7. The number of nitrogens with zero attached hydrogens (tertiary/aromatic N) is 1. The lowest BCUT2D eigenvalue weighted by Crippen LogP contribution is -2.59. The average Bonchev–Trinajstić information content (AvgIpc) is 3.16. The zero-order chi connectivity index (χ0) is 23.6. The number of nitrogens with one attached hydrogen (secondary N) is 3. The summed E-state index contributed by atoms with van der Waals surface area (Å²) in [4.78, 5) is 42.0. The molecule has 0 aromatic heterocycles. The first-order valence-electron chi connectivity index (χ1n) is 9.85. The van der Waals surface area contributed by atoms with Crippen LogP contribution in [0.5, 0.6) is 0 Å². The summed E-state index contributed by atoms with van der Waals surface area (Å²) < 4.78 is 13.2. The molecular formula is C22H23ClFN5O3. The third-order valence-corrected chi connectivity index (χ3v) is 5.50. The third kappa shape index (κ3) is 4.21. The van der Waals surface area contributed by atoms with E-state index in [9.17, 15) is 18.8 Å². The Bertz CT molecular complexity index is 1100. The van der Waals surface area contributed by atoms with E-state index in [2.05, 4.69) is 20.9 Å². The van der Waals surface area contributed by atoms with Crippen molar-refractivity contribution in [3.63, 3.8) is 0 Å². The Morgan fingerprint density at radius 3 is 2.34 bits per heavy atom. The zero-order valence-corrected chi connectivity index (χ0v) is 18.5. The topological polar surface area (TPSA) is 126 Å². The quantitative estimate of drug-likeness (QED) is 0.528. The van der Waals surface area contributed by atoms with E-state index in [1.165, 1.54) is 13.1 Å². The predicted molar refractivity (Wildman–Crippen MR) is 120 cm³/mol. The first kappa shape index (κ1) is 23.4. The molecule has 0 saturated carbocycles. The van der Waals surface area contributed by atoms with Crippen molar-refractivity contribution in [2.75, 3.05) is 12.4 Å². The number of benzene rings is 2. The van der Waals surface area contributed by atoms with Gasteiger partial charge >= 0.3 is 0 Å². The van der Waals surface area contributed by atoms with Crippen LogP contribution in [0.25, 0.3) is 0 Å². The van der Waals surface area contributed by atoms with E-state index in [1.807, 2.05) is 13.8 Å². The van der Waals surface area contributed by atoms with E-state index < -0.39 is 35.2 Å². The van der Waals surface area contributed by atoms with Gasteiger partial charge in [-0.3, -0.25) is 24.7 Å². The third-order valence-electron chi connectivity index (χ3n) is 5.18. The molecule has 0 fully saturated rings. The van der Waals surface area contributed by atoms with E-state index in [1.54, 1.807) is 24.3 Å². The van der Waals surface area contributed by atoms with Crippen molar-refractivity contribution >= 4 is 40.7 Å². The second-order valence-electron chi connectivity index (χ2n) is 7.66. The van der Waals surface area contributed by atoms with Crippen molar-refractivity contribution in [1.29, 1.82) is 0 Å². The molecule has 0 spiro atoms. The monoisotopic (exact) mass is 459 g/mol. The molecule has 0 radical (unpaired) electrons. The van der Waals surface area contributed by atoms with Gasteiger partial charge in [-0.15, -0.1) is 0 Å². The molecular weight excluding hydrogens is 437 g/mol. The molecule has 2 atom stereocenters. The normalized spacial score (nSPS) is 20.1.